The topological polar surface area (TPSA) is 26.3 Å². The predicted octanol–water partition coefficient (Wildman–Crippen LogP) is 5.26. The summed E-state index contributed by atoms with van der Waals surface area (Å²) in [6.07, 6.45) is 2.49. The maximum atomic E-state index is 12.1. The molecule has 0 amide bonds. The molecular formula is C29H32O2. The first-order valence-corrected chi connectivity index (χ1v) is 11.0. The Morgan fingerprint density at radius 2 is 1.48 bits per heavy atom. The van der Waals surface area contributed by atoms with Crippen LogP contribution in [0.15, 0.2) is 78.9 Å². The Hall–Kier alpha value is -3.13. The van der Waals surface area contributed by atoms with Gasteiger partial charge in [0.1, 0.15) is 0 Å². The van der Waals surface area contributed by atoms with Crippen LogP contribution in [0.25, 0.3) is 12.2 Å². The molecule has 3 aromatic rings. The summed E-state index contributed by atoms with van der Waals surface area (Å²) in [6.45, 7) is 10.3. The van der Waals surface area contributed by atoms with Crippen molar-refractivity contribution < 1.29 is 9.53 Å². The molecule has 0 saturated carbocycles. The minimum absolute atomic E-state index is 0.110. The van der Waals surface area contributed by atoms with Crippen molar-refractivity contribution in [1.82, 2.24) is 0 Å². The third-order valence-corrected chi connectivity index (χ3v) is 5.83. The van der Waals surface area contributed by atoms with Gasteiger partial charge in [0, 0.05) is 0 Å². The lowest BCUT2D eigenvalue weighted by atomic mass is 9.91. The molecule has 2 heteroatoms. The summed E-state index contributed by atoms with van der Waals surface area (Å²) < 4.78 is 5.46. The summed E-state index contributed by atoms with van der Waals surface area (Å²) in [5.41, 5.74) is 4.43. The van der Waals surface area contributed by atoms with Crippen LogP contribution in [0.4, 0.5) is 0 Å². The molecule has 0 fully saturated rings. The number of aryl methyl sites for hydroxylation is 1. The molecule has 0 radical (unpaired) electrons. The Kier molecular flexibility index (Phi) is 7.46. The van der Waals surface area contributed by atoms with E-state index < -0.39 is 5.41 Å². The molecule has 0 N–H and O–H groups in total. The molecular weight excluding hydrogens is 380 g/mol. The summed E-state index contributed by atoms with van der Waals surface area (Å²) in [7, 11) is 0. The van der Waals surface area contributed by atoms with Gasteiger partial charge in [-0.3, -0.25) is 4.79 Å². The molecule has 0 aliphatic carbocycles. The first kappa shape index (κ1) is 22.6. The van der Waals surface area contributed by atoms with Crippen LogP contribution >= 0.6 is 0 Å². The van der Waals surface area contributed by atoms with E-state index in [0.29, 0.717) is 6.61 Å². The van der Waals surface area contributed by atoms with Crippen LogP contribution in [0.2, 0.25) is 0 Å². The average molecular weight is 413 g/mol. The number of esters is 1. The lowest BCUT2D eigenvalue weighted by Crippen LogP contribution is -2.26. The molecule has 3 rings (SSSR count). The highest BCUT2D eigenvalue weighted by Gasteiger charge is 2.26. The standard InChI is InChI=1S/C29H32O2/c1-5-29(3,4)28(30)31-21-9-10-23-15-19-26(20-16-23)27(24-11-7-6-8-12-24)25-17-13-22(2)14-18-25/h6-8,11-20H,2,5,9-10,21H2,1,3-4H3. The maximum Gasteiger partial charge on any atom is 0.311 e. The second-order valence-corrected chi connectivity index (χ2v) is 8.61. The van der Waals surface area contributed by atoms with Crippen molar-refractivity contribution in [2.75, 3.05) is 6.61 Å². The number of hydrogen-bond acceptors (Lipinski definition) is 2. The largest absolute Gasteiger partial charge is 0.465 e. The maximum absolute atomic E-state index is 12.1. The normalized spacial score (nSPS) is 11.2. The molecule has 31 heavy (non-hydrogen) atoms. The first-order chi connectivity index (χ1) is 14.9. The van der Waals surface area contributed by atoms with Crippen LogP contribution in [0, 0.1) is 5.41 Å². The van der Waals surface area contributed by atoms with E-state index in [-0.39, 0.29) is 5.97 Å². The minimum Gasteiger partial charge on any atom is -0.465 e. The van der Waals surface area contributed by atoms with Gasteiger partial charge in [0.15, 0.2) is 0 Å². The molecule has 0 saturated heterocycles. The smallest absolute Gasteiger partial charge is 0.311 e. The first-order valence-electron chi connectivity index (χ1n) is 11.0. The van der Waals surface area contributed by atoms with E-state index in [1.165, 1.54) is 27.5 Å². The van der Waals surface area contributed by atoms with E-state index in [2.05, 4.69) is 67.2 Å². The van der Waals surface area contributed by atoms with Crippen LogP contribution in [0.3, 0.4) is 0 Å². The van der Waals surface area contributed by atoms with Gasteiger partial charge in [0.05, 0.1) is 12.0 Å². The van der Waals surface area contributed by atoms with E-state index in [9.17, 15) is 4.79 Å². The van der Waals surface area contributed by atoms with Gasteiger partial charge in [-0.2, -0.15) is 0 Å². The van der Waals surface area contributed by atoms with E-state index in [1.807, 2.05) is 39.0 Å². The number of carbonyl (C=O) groups is 1. The molecule has 0 heterocycles. The second-order valence-electron chi connectivity index (χ2n) is 8.61. The molecule has 0 aliphatic heterocycles. The van der Waals surface area contributed by atoms with E-state index in [0.717, 1.165) is 24.5 Å². The summed E-state index contributed by atoms with van der Waals surface area (Å²) >= 11 is 0. The van der Waals surface area contributed by atoms with Gasteiger partial charge in [0.2, 0.25) is 0 Å². The fraction of sp³-hybridized carbons (Fsp3) is 0.276. The number of ether oxygens (including phenoxy) is 1. The van der Waals surface area contributed by atoms with Crippen LogP contribution < -0.4 is 10.4 Å². The molecule has 0 unspecified atom stereocenters. The Morgan fingerprint density at radius 1 is 0.871 bits per heavy atom. The zero-order chi connectivity index (χ0) is 22.3. The summed E-state index contributed by atoms with van der Waals surface area (Å²) in [6, 6.07) is 27.5. The lowest BCUT2D eigenvalue weighted by Gasteiger charge is -2.20. The van der Waals surface area contributed by atoms with Gasteiger partial charge >= 0.3 is 5.97 Å². The highest BCUT2D eigenvalue weighted by molar-refractivity contribution is 5.79. The van der Waals surface area contributed by atoms with Crippen LogP contribution in [-0.2, 0) is 16.0 Å². The number of hydrogen-bond donors (Lipinski definition) is 0. The fourth-order valence-electron chi connectivity index (χ4n) is 3.40. The average Bonchev–Trinajstić information content (AvgIpc) is 2.79. The number of carbonyl (C=O) groups excluding carboxylic acids is 1. The van der Waals surface area contributed by atoms with Crippen molar-refractivity contribution in [3.63, 3.8) is 0 Å². The molecule has 0 spiro atoms. The van der Waals surface area contributed by atoms with Gasteiger partial charge in [-0.05, 0) is 65.8 Å². The van der Waals surface area contributed by atoms with Crippen LogP contribution in [0.5, 0.6) is 0 Å². The van der Waals surface area contributed by atoms with Gasteiger partial charge in [-0.25, -0.2) is 0 Å². The SMILES string of the molecule is C=c1ccc(=C(c2ccccc2)c2ccc(CCCOC(=O)C(C)(C)CC)cc2)cc1. The Labute approximate surface area is 185 Å². The third kappa shape index (κ3) is 5.95. The monoisotopic (exact) mass is 412 g/mol. The summed E-state index contributed by atoms with van der Waals surface area (Å²) in [5, 5.41) is 2.19. The third-order valence-electron chi connectivity index (χ3n) is 5.83. The van der Waals surface area contributed by atoms with Crippen LogP contribution in [0.1, 0.15) is 50.3 Å². The van der Waals surface area contributed by atoms with Crippen LogP contribution in [-0.4, -0.2) is 12.6 Å². The van der Waals surface area contributed by atoms with Gasteiger partial charge in [0.25, 0.3) is 0 Å². The second kappa shape index (κ2) is 10.3. The van der Waals surface area contributed by atoms with Crippen molar-refractivity contribution >= 4 is 18.1 Å². The Bertz CT molecular complexity index is 1090. The Morgan fingerprint density at radius 3 is 2.10 bits per heavy atom. The zero-order valence-electron chi connectivity index (χ0n) is 18.9. The fourth-order valence-corrected chi connectivity index (χ4v) is 3.40. The number of benzene rings is 3. The molecule has 2 nitrogen and oxygen atoms in total. The van der Waals surface area contributed by atoms with Gasteiger partial charge in [-0.1, -0.05) is 92.4 Å². The van der Waals surface area contributed by atoms with Gasteiger partial charge < -0.3 is 4.74 Å². The van der Waals surface area contributed by atoms with E-state index in [4.69, 9.17) is 4.74 Å². The zero-order valence-corrected chi connectivity index (χ0v) is 18.9. The molecule has 0 bridgehead atoms. The van der Waals surface area contributed by atoms with E-state index >= 15 is 0 Å². The van der Waals surface area contributed by atoms with Crippen molar-refractivity contribution in [3.05, 3.63) is 106 Å². The van der Waals surface area contributed by atoms with Crippen molar-refractivity contribution in [1.29, 1.82) is 0 Å². The van der Waals surface area contributed by atoms with Crippen molar-refractivity contribution in [2.45, 2.75) is 40.0 Å². The quantitative estimate of drug-likeness (QED) is 0.373. The lowest BCUT2D eigenvalue weighted by molar-refractivity contribution is -0.154. The molecule has 0 aliphatic rings. The van der Waals surface area contributed by atoms with Crippen molar-refractivity contribution in [2.24, 2.45) is 5.41 Å². The highest BCUT2D eigenvalue weighted by atomic mass is 16.5. The summed E-state index contributed by atoms with van der Waals surface area (Å²) in [5.74, 6) is -0.110. The number of rotatable bonds is 8. The molecule has 0 aromatic heterocycles. The predicted molar refractivity (Wildman–Crippen MR) is 129 cm³/mol. The molecule has 0 atom stereocenters. The molecule has 3 aromatic carbocycles. The molecule has 160 valence electrons. The van der Waals surface area contributed by atoms with Crippen molar-refractivity contribution in [3.8, 4) is 0 Å². The minimum atomic E-state index is -0.405. The Balaban J connectivity index is 1.74. The summed E-state index contributed by atoms with van der Waals surface area (Å²) in [4.78, 5) is 12.1. The van der Waals surface area contributed by atoms with Gasteiger partial charge in [-0.15, -0.1) is 0 Å². The van der Waals surface area contributed by atoms with E-state index in [1.54, 1.807) is 0 Å². The highest BCUT2D eigenvalue weighted by Crippen LogP contribution is 2.23.